The van der Waals surface area contributed by atoms with Gasteiger partial charge in [-0.2, -0.15) is 0 Å². The van der Waals surface area contributed by atoms with Crippen LogP contribution in [0.2, 0.25) is 0 Å². The third-order valence-electron chi connectivity index (χ3n) is 7.10. The Kier molecular flexibility index (Phi) is 6.76. The predicted molar refractivity (Wildman–Crippen MR) is 117 cm³/mol. The number of rotatable bonds is 4. The summed E-state index contributed by atoms with van der Waals surface area (Å²) in [6.07, 6.45) is 3.05. The zero-order valence-electron chi connectivity index (χ0n) is 17.9. The molecule has 0 aromatic heterocycles. The van der Waals surface area contributed by atoms with Crippen molar-refractivity contribution in [3.8, 4) is 0 Å². The normalized spacial score (nSPS) is 28.2. The van der Waals surface area contributed by atoms with Crippen molar-refractivity contribution in [2.24, 2.45) is 17.8 Å². The number of amides is 3. The number of piperidine rings is 1. The maximum Gasteiger partial charge on any atom is 0.407 e. The highest BCUT2D eigenvalue weighted by molar-refractivity contribution is 5.90. The molecule has 4 atom stereocenters. The van der Waals surface area contributed by atoms with Crippen LogP contribution in [-0.2, 0) is 9.59 Å². The molecule has 172 valence electrons. The Balaban J connectivity index is 1.41. The van der Waals surface area contributed by atoms with Crippen LogP contribution in [0.25, 0.3) is 5.57 Å². The van der Waals surface area contributed by atoms with E-state index in [0.29, 0.717) is 39.1 Å². The first-order valence-electron chi connectivity index (χ1n) is 11.2. The third-order valence-corrected chi connectivity index (χ3v) is 7.10. The number of hydrogen-bond donors (Lipinski definition) is 4. The lowest BCUT2D eigenvalue weighted by Gasteiger charge is -2.40. The minimum atomic E-state index is -0.929. The van der Waals surface area contributed by atoms with Crippen LogP contribution in [0.3, 0.4) is 0 Å². The SMILES string of the molecule is O=C(NO)[C@H]1CC([C@@H]2CCN(C(=O)O)C2)CN[C@@H]1C(=O)N1CC=C(c2ccccc2)CC1. The number of benzene rings is 1. The van der Waals surface area contributed by atoms with Gasteiger partial charge in [-0.15, -0.1) is 0 Å². The first kappa shape index (κ1) is 22.3. The molecule has 2 fully saturated rings. The molecule has 2 saturated heterocycles. The molecule has 3 amide bonds. The van der Waals surface area contributed by atoms with Crippen LogP contribution in [0.5, 0.6) is 0 Å². The number of carbonyl (C=O) groups is 3. The molecule has 0 radical (unpaired) electrons. The van der Waals surface area contributed by atoms with E-state index >= 15 is 0 Å². The van der Waals surface area contributed by atoms with E-state index < -0.39 is 24.0 Å². The maximum atomic E-state index is 13.3. The van der Waals surface area contributed by atoms with Crippen LogP contribution < -0.4 is 10.8 Å². The van der Waals surface area contributed by atoms with Crippen molar-refractivity contribution in [3.63, 3.8) is 0 Å². The van der Waals surface area contributed by atoms with Gasteiger partial charge in [0.05, 0.1) is 12.0 Å². The van der Waals surface area contributed by atoms with E-state index in [0.717, 1.165) is 18.4 Å². The summed E-state index contributed by atoms with van der Waals surface area (Å²) >= 11 is 0. The van der Waals surface area contributed by atoms with Crippen LogP contribution in [0.15, 0.2) is 36.4 Å². The van der Waals surface area contributed by atoms with Crippen molar-refractivity contribution in [3.05, 3.63) is 42.0 Å². The number of nitrogens with zero attached hydrogens (tertiary/aromatic N) is 2. The zero-order valence-corrected chi connectivity index (χ0v) is 17.9. The Bertz CT molecular complexity index is 890. The van der Waals surface area contributed by atoms with Crippen molar-refractivity contribution in [2.75, 3.05) is 32.7 Å². The van der Waals surface area contributed by atoms with Crippen molar-refractivity contribution in [1.82, 2.24) is 20.6 Å². The molecule has 0 aliphatic carbocycles. The Morgan fingerprint density at radius 2 is 1.84 bits per heavy atom. The van der Waals surface area contributed by atoms with Crippen molar-refractivity contribution >= 4 is 23.5 Å². The van der Waals surface area contributed by atoms with Gasteiger partial charge < -0.3 is 20.2 Å². The van der Waals surface area contributed by atoms with Gasteiger partial charge in [-0.05, 0) is 48.8 Å². The molecule has 3 aliphatic heterocycles. The van der Waals surface area contributed by atoms with Gasteiger partial charge in [0.25, 0.3) is 0 Å². The van der Waals surface area contributed by atoms with E-state index in [4.69, 9.17) is 0 Å². The minimum Gasteiger partial charge on any atom is -0.465 e. The molecule has 1 unspecified atom stereocenters. The smallest absolute Gasteiger partial charge is 0.407 e. The Labute approximate surface area is 187 Å². The summed E-state index contributed by atoms with van der Waals surface area (Å²) < 4.78 is 0. The van der Waals surface area contributed by atoms with Crippen molar-refractivity contribution in [2.45, 2.75) is 25.3 Å². The molecule has 1 aromatic carbocycles. The lowest BCUT2D eigenvalue weighted by atomic mass is 9.77. The second kappa shape index (κ2) is 9.70. The molecule has 3 aliphatic rings. The Hall–Kier alpha value is -2.91. The molecular formula is C23H30N4O5. The van der Waals surface area contributed by atoms with Crippen molar-refractivity contribution < 1.29 is 24.7 Å². The van der Waals surface area contributed by atoms with E-state index in [1.54, 1.807) is 10.4 Å². The summed E-state index contributed by atoms with van der Waals surface area (Å²) in [7, 11) is 0. The van der Waals surface area contributed by atoms with Gasteiger partial charge in [0.1, 0.15) is 0 Å². The van der Waals surface area contributed by atoms with Crippen LogP contribution in [-0.4, -0.2) is 76.8 Å². The molecule has 1 aromatic rings. The molecule has 0 bridgehead atoms. The Morgan fingerprint density at radius 3 is 2.47 bits per heavy atom. The number of carboxylic acid groups (broad SMARTS) is 1. The maximum absolute atomic E-state index is 13.3. The Morgan fingerprint density at radius 1 is 1.06 bits per heavy atom. The number of hydroxylamine groups is 1. The van der Waals surface area contributed by atoms with Gasteiger partial charge in [0.2, 0.25) is 11.8 Å². The second-order valence-electron chi connectivity index (χ2n) is 8.87. The van der Waals surface area contributed by atoms with Crippen molar-refractivity contribution in [1.29, 1.82) is 0 Å². The largest absolute Gasteiger partial charge is 0.465 e. The first-order chi connectivity index (χ1) is 15.5. The third kappa shape index (κ3) is 4.63. The monoisotopic (exact) mass is 442 g/mol. The number of nitrogens with one attached hydrogen (secondary N) is 2. The summed E-state index contributed by atoms with van der Waals surface area (Å²) in [6, 6.07) is 9.37. The topological polar surface area (TPSA) is 122 Å². The average Bonchev–Trinajstić information content (AvgIpc) is 3.34. The summed E-state index contributed by atoms with van der Waals surface area (Å²) in [4.78, 5) is 40.1. The van der Waals surface area contributed by atoms with Crippen LogP contribution in [0.1, 0.15) is 24.8 Å². The lowest BCUT2D eigenvalue weighted by molar-refractivity contribution is -0.144. The zero-order chi connectivity index (χ0) is 22.7. The van der Waals surface area contributed by atoms with Crippen LogP contribution >= 0.6 is 0 Å². The summed E-state index contributed by atoms with van der Waals surface area (Å²) in [5.74, 6) is -1.22. The van der Waals surface area contributed by atoms with Gasteiger partial charge in [-0.25, -0.2) is 10.3 Å². The fourth-order valence-corrected chi connectivity index (χ4v) is 5.25. The molecule has 9 nitrogen and oxygen atoms in total. The fourth-order valence-electron chi connectivity index (χ4n) is 5.25. The van der Waals surface area contributed by atoms with Gasteiger partial charge >= 0.3 is 6.09 Å². The summed E-state index contributed by atoms with van der Waals surface area (Å²) in [5, 5.41) is 21.7. The fraction of sp³-hybridized carbons (Fsp3) is 0.522. The highest BCUT2D eigenvalue weighted by Crippen LogP contribution is 2.33. The van der Waals surface area contributed by atoms with Gasteiger partial charge in [0.15, 0.2) is 0 Å². The molecular weight excluding hydrogens is 412 g/mol. The molecule has 32 heavy (non-hydrogen) atoms. The van der Waals surface area contributed by atoms with Crippen LogP contribution in [0, 0.1) is 17.8 Å². The average molecular weight is 443 g/mol. The van der Waals surface area contributed by atoms with E-state index in [1.165, 1.54) is 10.5 Å². The van der Waals surface area contributed by atoms with E-state index in [2.05, 4.69) is 23.5 Å². The number of carbonyl (C=O) groups excluding carboxylic acids is 2. The second-order valence-corrected chi connectivity index (χ2v) is 8.87. The van der Waals surface area contributed by atoms with Gasteiger partial charge in [-0.3, -0.25) is 14.8 Å². The first-order valence-corrected chi connectivity index (χ1v) is 11.2. The standard InChI is InChI=1S/C23H30N4O5/c28-21(25-32)19-12-18(17-8-11-27(14-17)23(30)31)13-24-20(19)22(29)26-9-6-16(7-10-26)15-4-2-1-3-5-15/h1-6,17-20,24,32H,7-14H2,(H,25,28)(H,30,31)/t17-,18?,19+,20+/m1/s1. The highest BCUT2D eigenvalue weighted by atomic mass is 16.5. The molecule has 9 heteroatoms. The molecule has 0 saturated carbocycles. The molecule has 4 rings (SSSR count). The highest BCUT2D eigenvalue weighted by Gasteiger charge is 2.44. The number of likely N-dealkylation sites (tertiary alicyclic amines) is 1. The molecule has 3 heterocycles. The molecule has 0 spiro atoms. The van der Waals surface area contributed by atoms with Crippen LogP contribution in [0.4, 0.5) is 4.79 Å². The van der Waals surface area contributed by atoms with Gasteiger partial charge in [-0.1, -0.05) is 36.4 Å². The molecule has 4 N–H and O–H groups in total. The van der Waals surface area contributed by atoms with E-state index in [9.17, 15) is 24.7 Å². The predicted octanol–water partition coefficient (Wildman–Crippen LogP) is 1.40. The lowest BCUT2D eigenvalue weighted by Crippen LogP contribution is -2.59. The summed E-state index contributed by atoms with van der Waals surface area (Å²) in [6.45, 7) is 2.52. The number of hydrogen-bond acceptors (Lipinski definition) is 5. The van der Waals surface area contributed by atoms with Gasteiger partial charge in [0, 0.05) is 26.2 Å². The summed E-state index contributed by atoms with van der Waals surface area (Å²) in [5.41, 5.74) is 4.09. The quantitative estimate of drug-likeness (QED) is 0.413. The van der Waals surface area contributed by atoms with E-state index in [1.807, 2.05) is 18.2 Å². The van der Waals surface area contributed by atoms with E-state index in [-0.39, 0.29) is 17.7 Å². The minimum absolute atomic E-state index is 0.0663.